The third-order valence-electron chi connectivity index (χ3n) is 9.80. The molecule has 0 aromatic heterocycles. The normalized spacial score (nSPS) is 11.1. The van der Waals surface area contributed by atoms with Crippen molar-refractivity contribution in [3.8, 4) is 44.5 Å². The van der Waals surface area contributed by atoms with E-state index in [1.165, 1.54) is 66.1 Å². The molecule has 0 saturated carbocycles. The van der Waals surface area contributed by atoms with Crippen molar-refractivity contribution in [2.24, 2.45) is 0 Å². The van der Waals surface area contributed by atoms with Gasteiger partial charge in [-0.1, -0.05) is 158 Å². The van der Waals surface area contributed by atoms with Gasteiger partial charge in [0.15, 0.2) is 0 Å². The van der Waals surface area contributed by atoms with Crippen LogP contribution in [0.5, 0.6) is 0 Å². The zero-order valence-corrected chi connectivity index (χ0v) is 28.2. The van der Waals surface area contributed by atoms with E-state index in [2.05, 4.69) is 217 Å². The highest BCUT2D eigenvalue weighted by atomic mass is 15.1. The van der Waals surface area contributed by atoms with Gasteiger partial charge >= 0.3 is 0 Å². The first kappa shape index (κ1) is 30.4. The van der Waals surface area contributed by atoms with Gasteiger partial charge in [-0.15, -0.1) is 0 Å². The van der Waals surface area contributed by atoms with Crippen molar-refractivity contribution in [3.05, 3.63) is 212 Å². The quantitative estimate of drug-likeness (QED) is 0.166. The van der Waals surface area contributed by atoms with E-state index in [9.17, 15) is 0 Å². The van der Waals surface area contributed by atoms with Gasteiger partial charge < -0.3 is 4.90 Å². The van der Waals surface area contributed by atoms with E-state index in [1.807, 2.05) is 0 Å². The number of hydrogen-bond acceptors (Lipinski definition) is 1. The van der Waals surface area contributed by atoms with E-state index in [4.69, 9.17) is 0 Å². The molecule has 0 bridgehead atoms. The largest absolute Gasteiger partial charge is 0.310 e. The van der Waals surface area contributed by atoms with E-state index in [1.54, 1.807) is 0 Å². The lowest BCUT2D eigenvalue weighted by Crippen LogP contribution is -2.10. The summed E-state index contributed by atoms with van der Waals surface area (Å²) in [5.41, 5.74) is 13.0. The first-order valence-electron chi connectivity index (χ1n) is 17.5. The molecule has 0 amide bonds. The molecule has 0 N–H and O–H groups in total. The van der Waals surface area contributed by atoms with Crippen LogP contribution in [0.4, 0.5) is 17.1 Å². The summed E-state index contributed by atoms with van der Waals surface area (Å²) in [6.07, 6.45) is 0. The molecule has 1 heteroatoms. The minimum atomic E-state index is 1.11. The lowest BCUT2D eigenvalue weighted by molar-refractivity contribution is 1.28. The van der Waals surface area contributed by atoms with Gasteiger partial charge in [0, 0.05) is 17.1 Å². The molecule has 9 aromatic carbocycles. The Bertz CT molecular complexity index is 2540. The average molecular weight is 650 g/mol. The molecule has 0 heterocycles. The Balaban J connectivity index is 1.07. The molecule has 0 radical (unpaired) electrons. The zero-order valence-electron chi connectivity index (χ0n) is 28.2. The van der Waals surface area contributed by atoms with Gasteiger partial charge in [0.05, 0.1) is 0 Å². The Kier molecular flexibility index (Phi) is 7.92. The van der Waals surface area contributed by atoms with Crippen molar-refractivity contribution in [2.75, 3.05) is 4.90 Å². The summed E-state index contributed by atoms with van der Waals surface area (Å²) in [5.74, 6) is 0. The first-order valence-corrected chi connectivity index (χ1v) is 17.5. The summed E-state index contributed by atoms with van der Waals surface area (Å²) in [5, 5.41) is 5.00. The first-order chi connectivity index (χ1) is 25.2. The highest BCUT2D eigenvalue weighted by Gasteiger charge is 2.15. The Morgan fingerprint density at radius 1 is 0.196 bits per heavy atom. The van der Waals surface area contributed by atoms with E-state index >= 15 is 0 Å². The van der Waals surface area contributed by atoms with Crippen LogP contribution in [0.25, 0.3) is 66.1 Å². The number of fused-ring (bicyclic) bond motifs is 2. The molecule has 0 aliphatic carbocycles. The summed E-state index contributed by atoms with van der Waals surface area (Å²) in [6.45, 7) is 0. The molecule has 0 fully saturated rings. The van der Waals surface area contributed by atoms with E-state index < -0.39 is 0 Å². The topological polar surface area (TPSA) is 3.24 Å². The fraction of sp³-hybridized carbons (Fsp3) is 0. The van der Waals surface area contributed by atoms with E-state index in [-0.39, 0.29) is 0 Å². The predicted molar refractivity (Wildman–Crippen MR) is 218 cm³/mol. The third kappa shape index (κ3) is 6.18. The number of anilines is 3. The SMILES string of the molecule is c1ccc(-c2cccc(N(c3ccc(-c4ccc5cc(-c6ccc7ccccc7c6)ccc5c4)cc3)c3cccc(-c4ccccc4)c3)c2)cc1. The Labute approximate surface area is 299 Å². The Morgan fingerprint density at radius 3 is 1.08 bits per heavy atom. The van der Waals surface area contributed by atoms with Gasteiger partial charge in [0.2, 0.25) is 0 Å². The molecule has 1 nitrogen and oxygen atoms in total. The summed E-state index contributed by atoms with van der Waals surface area (Å²) in [7, 11) is 0. The molecule has 9 rings (SSSR count). The summed E-state index contributed by atoms with van der Waals surface area (Å²) in [4.78, 5) is 2.36. The molecule has 0 atom stereocenters. The van der Waals surface area contributed by atoms with Gasteiger partial charge in [0.25, 0.3) is 0 Å². The smallest absolute Gasteiger partial charge is 0.0467 e. The monoisotopic (exact) mass is 649 g/mol. The van der Waals surface area contributed by atoms with Crippen molar-refractivity contribution >= 4 is 38.6 Å². The molecule has 0 aliphatic heterocycles. The average Bonchev–Trinajstić information content (AvgIpc) is 3.21. The van der Waals surface area contributed by atoms with Crippen molar-refractivity contribution in [2.45, 2.75) is 0 Å². The Hall–Kier alpha value is -6.70. The predicted octanol–water partition coefficient (Wildman–Crippen LogP) is 14.1. The number of rotatable bonds is 7. The summed E-state index contributed by atoms with van der Waals surface area (Å²) in [6, 6.07) is 76.7. The molecular formula is C50H35N. The minimum Gasteiger partial charge on any atom is -0.310 e. The van der Waals surface area contributed by atoms with Crippen LogP contribution in [0.1, 0.15) is 0 Å². The van der Waals surface area contributed by atoms with Crippen LogP contribution < -0.4 is 4.90 Å². The molecular weight excluding hydrogens is 615 g/mol. The van der Waals surface area contributed by atoms with Crippen LogP contribution in [-0.2, 0) is 0 Å². The highest BCUT2D eigenvalue weighted by Crippen LogP contribution is 2.39. The lowest BCUT2D eigenvalue weighted by atomic mass is 9.96. The second-order valence-electron chi connectivity index (χ2n) is 13.1. The summed E-state index contributed by atoms with van der Waals surface area (Å²) < 4.78 is 0. The molecule has 9 aromatic rings. The van der Waals surface area contributed by atoms with Crippen LogP contribution in [0.15, 0.2) is 212 Å². The maximum Gasteiger partial charge on any atom is 0.0467 e. The maximum absolute atomic E-state index is 2.36. The van der Waals surface area contributed by atoms with Gasteiger partial charge in [-0.05, 0) is 121 Å². The van der Waals surface area contributed by atoms with E-state index in [0.29, 0.717) is 0 Å². The maximum atomic E-state index is 2.36. The van der Waals surface area contributed by atoms with E-state index in [0.717, 1.165) is 17.1 Å². The number of nitrogens with zero attached hydrogens (tertiary/aromatic N) is 1. The standard InChI is InChI=1S/C50H35N/c1-3-11-36(12-4-1)41-17-9-19-49(34-41)51(50-20-10-18-42(35-50)37-13-5-2-6-14-37)48-29-27-39(28-30-48)43-23-24-46-33-47(26-25-45(46)32-43)44-22-21-38-15-7-8-16-40(38)31-44/h1-35H. The fourth-order valence-corrected chi connectivity index (χ4v) is 7.13. The lowest BCUT2D eigenvalue weighted by Gasteiger charge is -2.27. The minimum absolute atomic E-state index is 1.11. The molecule has 0 spiro atoms. The zero-order chi connectivity index (χ0) is 34.0. The fourth-order valence-electron chi connectivity index (χ4n) is 7.13. The van der Waals surface area contributed by atoms with Gasteiger partial charge in [0.1, 0.15) is 0 Å². The van der Waals surface area contributed by atoms with Crippen LogP contribution in [0.3, 0.4) is 0 Å². The highest BCUT2D eigenvalue weighted by molar-refractivity contribution is 5.93. The van der Waals surface area contributed by atoms with Crippen molar-refractivity contribution in [1.29, 1.82) is 0 Å². The molecule has 240 valence electrons. The molecule has 0 saturated heterocycles. The van der Waals surface area contributed by atoms with Crippen LogP contribution in [0.2, 0.25) is 0 Å². The second-order valence-corrected chi connectivity index (χ2v) is 13.1. The van der Waals surface area contributed by atoms with Crippen LogP contribution >= 0.6 is 0 Å². The van der Waals surface area contributed by atoms with Crippen molar-refractivity contribution in [1.82, 2.24) is 0 Å². The van der Waals surface area contributed by atoms with Gasteiger partial charge in [-0.25, -0.2) is 0 Å². The van der Waals surface area contributed by atoms with Crippen LogP contribution in [-0.4, -0.2) is 0 Å². The van der Waals surface area contributed by atoms with Crippen molar-refractivity contribution < 1.29 is 0 Å². The molecule has 0 aliphatic rings. The number of hydrogen-bond donors (Lipinski definition) is 0. The Morgan fingerprint density at radius 2 is 0.549 bits per heavy atom. The molecule has 51 heavy (non-hydrogen) atoms. The number of benzene rings is 9. The van der Waals surface area contributed by atoms with Crippen molar-refractivity contribution in [3.63, 3.8) is 0 Å². The van der Waals surface area contributed by atoms with Gasteiger partial charge in [-0.3, -0.25) is 0 Å². The molecule has 0 unspecified atom stereocenters. The third-order valence-corrected chi connectivity index (χ3v) is 9.80. The second kappa shape index (κ2) is 13.3. The summed E-state index contributed by atoms with van der Waals surface area (Å²) >= 11 is 0. The van der Waals surface area contributed by atoms with Crippen LogP contribution in [0, 0.1) is 0 Å². The van der Waals surface area contributed by atoms with Gasteiger partial charge in [-0.2, -0.15) is 0 Å².